The molecule has 0 saturated carbocycles. The van der Waals surface area contributed by atoms with Crippen LogP contribution in [0.3, 0.4) is 0 Å². The monoisotopic (exact) mass is 442 g/mol. The maximum atomic E-state index is 13.9. The SMILES string of the molecule is Fc1ccc(Br)cc1/C=N\n1c(-c2cc(-c3ccccc3)n[nH]2)n[nH]c1=S. The van der Waals surface area contributed by atoms with Crippen LogP contribution in [-0.4, -0.2) is 31.3 Å². The van der Waals surface area contributed by atoms with Gasteiger partial charge >= 0.3 is 0 Å². The fourth-order valence-electron chi connectivity index (χ4n) is 2.50. The van der Waals surface area contributed by atoms with Crippen molar-refractivity contribution >= 4 is 34.4 Å². The Hall–Kier alpha value is -2.91. The summed E-state index contributed by atoms with van der Waals surface area (Å²) in [6.45, 7) is 0. The third-order valence-corrected chi connectivity index (χ3v) is 4.57. The molecule has 0 aliphatic heterocycles. The van der Waals surface area contributed by atoms with E-state index in [0.29, 0.717) is 17.1 Å². The van der Waals surface area contributed by atoms with E-state index in [1.54, 1.807) is 12.1 Å². The number of halogens is 2. The van der Waals surface area contributed by atoms with Crippen LogP contribution in [0.2, 0.25) is 0 Å². The maximum Gasteiger partial charge on any atom is 0.216 e. The summed E-state index contributed by atoms with van der Waals surface area (Å²) >= 11 is 8.56. The van der Waals surface area contributed by atoms with Crippen molar-refractivity contribution in [3.05, 3.63) is 75.2 Å². The zero-order chi connectivity index (χ0) is 18.8. The third kappa shape index (κ3) is 3.64. The van der Waals surface area contributed by atoms with Gasteiger partial charge in [-0.15, -0.1) is 0 Å². The largest absolute Gasteiger partial charge is 0.274 e. The lowest BCUT2D eigenvalue weighted by molar-refractivity contribution is 0.625. The molecule has 0 atom stereocenters. The highest BCUT2D eigenvalue weighted by Crippen LogP contribution is 2.22. The molecule has 0 bridgehead atoms. The third-order valence-electron chi connectivity index (χ3n) is 3.81. The van der Waals surface area contributed by atoms with E-state index in [1.807, 2.05) is 36.4 Å². The van der Waals surface area contributed by atoms with E-state index in [4.69, 9.17) is 12.2 Å². The van der Waals surface area contributed by atoms with Crippen LogP contribution < -0.4 is 0 Å². The lowest BCUT2D eigenvalue weighted by atomic mass is 10.1. The van der Waals surface area contributed by atoms with Crippen molar-refractivity contribution in [2.45, 2.75) is 0 Å². The number of benzene rings is 2. The van der Waals surface area contributed by atoms with Gasteiger partial charge in [-0.25, -0.2) is 9.49 Å². The van der Waals surface area contributed by atoms with Gasteiger partial charge in [0, 0.05) is 15.6 Å². The molecule has 0 fully saturated rings. The molecule has 0 aliphatic carbocycles. The van der Waals surface area contributed by atoms with Crippen molar-refractivity contribution < 1.29 is 4.39 Å². The smallest absolute Gasteiger partial charge is 0.216 e. The van der Waals surface area contributed by atoms with E-state index >= 15 is 0 Å². The molecule has 0 aliphatic rings. The number of rotatable bonds is 4. The minimum Gasteiger partial charge on any atom is -0.274 e. The first kappa shape index (κ1) is 17.5. The number of nitrogens with zero attached hydrogens (tertiary/aromatic N) is 4. The molecule has 0 radical (unpaired) electrons. The molecule has 0 unspecified atom stereocenters. The Balaban J connectivity index is 1.71. The molecule has 2 heterocycles. The fraction of sp³-hybridized carbons (Fsp3) is 0. The summed E-state index contributed by atoms with van der Waals surface area (Å²) in [4.78, 5) is 0. The lowest BCUT2D eigenvalue weighted by Gasteiger charge is -1.99. The quantitative estimate of drug-likeness (QED) is 0.352. The number of aromatic nitrogens is 5. The molecule has 27 heavy (non-hydrogen) atoms. The van der Waals surface area contributed by atoms with Gasteiger partial charge in [0.25, 0.3) is 0 Å². The first-order valence-electron chi connectivity index (χ1n) is 7.90. The van der Waals surface area contributed by atoms with E-state index in [-0.39, 0.29) is 10.6 Å². The zero-order valence-corrected chi connectivity index (χ0v) is 16.1. The molecular weight excluding hydrogens is 431 g/mol. The number of H-pyrrole nitrogens is 2. The van der Waals surface area contributed by atoms with E-state index < -0.39 is 0 Å². The second-order valence-corrected chi connectivity index (χ2v) is 6.91. The standard InChI is InChI=1S/C18H12BrFN6S/c19-13-6-7-14(20)12(8-13)10-21-26-17(24-25-18(26)27)16-9-15(22-23-16)11-4-2-1-3-5-11/h1-10H,(H,22,23)(H,25,27)/b21-10-. The summed E-state index contributed by atoms with van der Waals surface area (Å²) in [7, 11) is 0. The normalized spacial score (nSPS) is 11.3. The summed E-state index contributed by atoms with van der Waals surface area (Å²) < 4.78 is 16.4. The molecular formula is C18H12BrFN6S. The zero-order valence-electron chi connectivity index (χ0n) is 13.7. The van der Waals surface area contributed by atoms with Crippen LogP contribution in [0.15, 0.2) is 64.2 Å². The van der Waals surface area contributed by atoms with Gasteiger partial charge in [0.05, 0.1) is 11.9 Å². The van der Waals surface area contributed by atoms with Crippen LogP contribution in [0.4, 0.5) is 4.39 Å². The molecule has 0 spiro atoms. The number of hydrogen-bond acceptors (Lipinski definition) is 4. The molecule has 134 valence electrons. The average Bonchev–Trinajstić information content (AvgIpc) is 3.30. The highest BCUT2D eigenvalue weighted by Gasteiger charge is 2.12. The van der Waals surface area contributed by atoms with Crippen molar-refractivity contribution in [3.63, 3.8) is 0 Å². The highest BCUT2D eigenvalue weighted by molar-refractivity contribution is 9.10. The van der Waals surface area contributed by atoms with Gasteiger partial charge in [0.1, 0.15) is 11.5 Å². The molecule has 2 N–H and O–H groups in total. The van der Waals surface area contributed by atoms with E-state index in [1.165, 1.54) is 17.0 Å². The highest BCUT2D eigenvalue weighted by atomic mass is 79.9. The van der Waals surface area contributed by atoms with Crippen LogP contribution in [0.25, 0.3) is 22.8 Å². The minimum atomic E-state index is -0.383. The lowest BCUT2D eigenvalue weighted by Crippen LogP contribution is -1.96. The van der Waals surface area contributed by atoms with Gasteiger partial charge < -0.3 is 0 Å². The van der Waals surface area contributed by atoms with Crippen LogP contribution in [0, 0.1) is 10.6 Å². The Morgan fingerprint density at radius 1 is 1.07 bits per heavy atom. The molecule has 4 aromatic rings. The van der Waals surface area contributed by atoms with E-state index in [0.717, 1.165) is 15.7 Å². The molecule has 2 aromatic heterocycles. The first-order chi connectivity index (χ1) is 13.1. The maximum absolute atomic E-state index is 13.9. The van der Waals surface area contributed by atoms with Gasteiger partial charge in [0.15, 0.2) is 0 Å². The Morgan fingerprint density at radius 2 is 1.89 bits per heavy atom. The van der Waals surface area contributed by atoms with Gasteiger partial charge in [-0.05, 0) is 36.5 Å². The van der Waals surface area contributed by atoms with Crippen LogP contribution in [-0.2, 0) is 0 Å². The topological polar surface area (TPSA) is 74.7 Å². The van der Waals surface area contributed by atoms with E-state index in [9.17, 15) is 4.39 Å². The van der Waals surface area contributed by atoms with Crippen molar-refractivity contribution in [3.8, 4) is 22.8 Å². The summed E-state index contributed by atoms with van der Waals surface area (Å²) in [6, 6.07) is 16.2. The summed E-state index contributed by atoms with van der Waals surface area (Å²) in [5, 5.41) is 18.4. The van der Waals surface area contributed by atoms with Gasteiger partial charge in [-0.3, -0.25) is 5.10 Å². The van der Waals surface area contributed by atoms with Gasteiger partial charge in [-0.1, -0.05) is 46.3 Å². The van der Waals surface area contributed by atoms with Gasteiger partial charge in [0.2, 0.25) is 10.6 Å². The van der Waals surface area contributed by atoms with Crippen LogP contribution >= 0.6 is 28.1 Å². The molecule has 6 nitrogen and oxygen atoms in total. The summed E-state index contributed by atoms with van der Waals surface area (Å²) in [6.07, 6.45) is 1.39. The van der Waals surface area contributed by atoms with Crippen LogP contribution in [0.5, 0.6) is 0 Å². The minimum absolute atomic E-state index is 0.285. The number of aromatic amines is 2. The Kier molecular flexibility index (Phi) is 4.78. The van der Waals surface area contributed by atoms with E-state index in [2.05, 4.69) is 41.4 Å². The molecule has 0 amide bonds. The number of hydrogen-bond donors (Lipinski definition) is 2. The predicted molar refractivity (Wildman–Crippen MR) is 108 cm³/mol. The Bertz CT molecular complexity index is 1180. The van der Waals surface area contributed by atoms with Crippen molar-refractivity contribution in [2.75, 3.05) is 0 Å². The molecule has 2 aromatic carbocycles. The van der Waals surface area contributed by atoms with Crippen molar-refractivity contribution in [1.82, 2.24) is 25.1 Å². The molecule has 0 saturated heterocycles. The van der Waals surface area contributed by atoms with Crippen molar-refractivity contribution in [2.24, 2.45) is 5.10 Å². The summed E-state index contributed by atoms with van der Waals surface area (Å²) in [5.74, 6) is 0.0627. The average molecular weight is 443 g/mol. The van der Waals surface area contributed by atoms with Crippen molar-refractivity contribution in [1.29, 1.82) is 0 Å². The number of nitrogens with one attached hydrogen (secondary N) is 2. The van der Waals surface area contributed by atoms with Crippen LogP contribution in [0.1, 0.15) is 5.56 Å². The predicted octanol–water partition coefficient (Wildman–Crippen LogP) is 4.78. The Labute approximate surface area is 166 Å². The molecule has 9 heteroatoms. The van der Waals surface area contributed by atoms with Gasteiger partial charge in [-0.2, -0.15) is 20.0 Å². The Morgan fingerprint density at radius 3 is 2.70 bits per heavy atom. The molecule has 4 rings (SSSR count). The first-order valence-corrected chi connectivity index (χ1v) is 9.10. The second kappa shape index (κ2) is 7.37. The summed E-state index contributed by atoms with van der Waals surface area (Å²) in [5.41, 5.74) is 2.70. The fourth-order valence-corrected chi connectivity index (χ4v) is 3.06. The second-order valence-electron chi connectivity index (χ2n) is 5.61.